The molecule has 5 nitrogen and oxygen atoms in total. The van der Waals surface area contributed by atoms with Crippen molar-refractivity contribution in [1.82, 2.24) is 4.90 Å². The quantitative estimate of drug-likeness (QED) is 0.842. The van der Waals surface area contributed by atoms with Gasteiger partial charge in [-0.25, -0.2) is 4.79 Å². The summed E-state index contributed by atoms with van der Waals surface area (Å²) in [7, 11) is 1.37. The molecule has 1 heterocycles. The molecule has 1 unspecified atom stereocenters. The number of nitrogens with zero attached hydrogens (tertiary/aromatic N) is 1. The lowest BCUT2D eigenvalue weighted by Gasteiger charge is -2.22. The first-order valence-electron chi connectivity index (χ1n) is 6.34. The van der Waals surface area contributed by atoms with Crippen molar-refractivity contribution in [3.8, 4) is 0 Å². The Kier molecular flexibility index (Phi) is 4.32. The van der Waals surface area contributed by atoms with Crippen LogP contribution in [0.2, 0.25) is 0 Å². The molecule has 1 aliphatic heterocycles. The molecule has 1 fully saturated rings. The van der Waals surface area contributed by atoms with Gasteiger partial charge in [0.05, 0.1) is 12.5 Å². The first-order valence-corrected chi connectivity index (χ1v) is 7.14. The summed E-state index contributed by atoms with van der Waals surface area (Å²) in [5.41, 5.74) is 0.121. The van der Waals surface area contributed by atoms with Crippen LogP contribution in [-0.4, -0.2) is 37.1 Å². The number of urea groups is 1. The van der Waals surface area contributed by atoms with E-state index in [1.54, 1.807) is 4.90 Å². The van der Waals surface area contributed by atoms with Crippen molar-refractivity contribution in [3.05, 3.63) is 28.7 Å². The predicted molar refractivity (Wildman–Crippen MR) is 79.5 cm³/mol. The van der Waals surface area contributed by atoms with Gasteiger partial charge < -0.3 is 15.0 Å². The molecule has 2 amide bonds. The van der Waals surface area contributed by atoms with Crippen molar-refractivity contribution < 1.29 is 14.3 Å². The van der Waals surface area contributed by atoms with E-state index in [0.717, 1.165) is 10.2 Å². The highest BCUT2D eigenvalue weighted by Crippen LogP contribution is 2.31. The molecular formula is C14H17BrN2O3. The number of hydrogen-bond acceptors (Lipinski definition) is 3. The van der Waals surface area contributed by atoms with Gasteiger partial charge in [-0.3, -0.25) is 4.79 Å². The maximum atomic E-state index is 12.1. The number of benzene rings is 1. The van der Waals surface area contributed by atoms with Crippen LogP contribution >= 0.6 is 15.9 Å². The molecule has 1 aromatic carbocycles. The predicted octanol–water partition coefficient (Wildman–Crippen LogP) is 2.87. The van der Waals surface area contributed by atoms with Gasteiger partial charge in [-0.1, -0.05) is 15.9 Å². The van der Waals surface area contributed by atoms with Crippen LogP contribution < -0.4 is 5.32 Å². The Hall–Kier alpha value is -1.56. The Morgan fingerprint density at radius 1 is 1.35 bits per heavy atom. The normalized spacial score (nSPS) is 21.6. The van der Waals surface area contributed by atoms with Crippen LogP contribution in [0.4, 0.5) is 10.5 Å². The number of anilines is 1. The second kappa shape index (κ2) is 5.83. The number of likely N-dealkylation sites (tertiary alicyclic amines) is 1. The maximum absolute atomic E-state index is 12.1. The Morgan fingerprint density at radius 2 is 2.00 bits per heavy atom. The third-order valence-corrected chi connectivity index (χ3v) is 4.06. The topological polar surface area (TPSA) is 58.6 Å². The van der Waals surface area contributed by atoms with Gasteiger partial charge in [-0.2, -0.15) is 0 Å². The van der Waals surface area contributed by atoms with Crippen molar-refractivity contribution in [1.29, 1.82) is 0 Å². The third kappa shape index (κ3) is 3.12. The lowest BCUT2D eigenvalue weighted by molar-refractivity contribution is -0.150. The summed E-state index contributed by atoms with van der Waals surface area (Å²) in [6.45, 7) is 2.75. The zero-order chi connectivity index (χ0) is 14.8. The van der Waals surface area contributed by atoms with Crippen LogP contribution in [0.5, 0.6) is 0 Å². The Bertz CT molecular complexity index is 518. The fourth-order valence-electron chi connectivity index (χ4n) is 2.28. The van der Waals surface area contributed by atoms with Crippen LogP contribution in [0.15, 0.2) is 28.7 Å². The van der Waals surface area contributed by atoms with E-state index in [2.05, 4.69) is 21.2 Å². The van der Waals surface area contributed by atoms with Gasteiger partial charge in [0.15, 0.2) is 0 Å². The standard InChI is InChI=1S/C14H17BrN2O3/c1-14(12(18)20-2)7-8-17(9-14)13(19)16-11-5-3-10(15)4-6-11/h3-6H,7-9H2,1-2H3,(H,16,19). The van der Waals surface area contributed by atoms with Crippen LogP contribution in [-0.2, 0) is 9.53 Å². The van der Waals surface area contributed by atoms with Crippen LogP contribution in [0, 0.1) is 5.41 Å². The van der Waals surface area contributed by atoms with Gasteiger partial charge in [-0.05, 0) is 37.6 Å². The summed E-state index contributed by atoms with van der Waals surface area (Å²) in [5, 5.41) is 2.82. The van der Waals surface area contributed by atoms with Crippen molar-refractivity contribution in [2.24, 2.45) is 5.41 Å². The largest absolute Gasteiger partial charge is 0.469 e. The minimum atomic E-state index is -0.605. The molecule has 6 heteroatoms. The average Bonchev–Trinajstić information content (AvgIpc) is 2.84. The fourth-order valence-corrected chi connectivity index (χ4v) is 2.55. The molecule has 1 atom stereocenters. The molecule has 108 valence electrons. The number of hydrogen-bond donors (Lipinski definition) is 1. The minimum absolute atomic E-state index is 0.194. The molecule has 0 spiro atoms. The molecule has 0 aliphatic carbocycles. The van der Waals surface area contributed by atoms with Gasteiger partial charge in [-0.15, -0.1) is 0 Å². The lowest BCUT2D eigenvalue weighted by Crippen LogP contribution is -2.37. The number of carbonyl (C=O) groups is 2. The van der Waals surface area contributed by atoms with E-state index >= 15 is 0 Å². The second-order valence-corrected chi connectivity index (χ2v) is 6.08. The SMILES string of the molecule is COC(=O)C1(C)CCN(C(=O)Nc2ccc(Br)cc2)C1. The molecule has 0 radical (unpaired) electrons. The molecule has 1 saturated heterocycles. The van der Waals surface area contributed by atoms with Crippen molar-refractivity contribution in [2.75, 3.05) is 25.5 Å². The van der Waals surface area contributed by atoms with Gasteiger partial charge in [0.2, 0.25) is 0 Å². The molecule has 0 saturated carbocycles. The van der Waals surface area contributed by atoms with Crippen LogP contribution in [0.1, 0.15) is 13.3 Å². The van der Waals surface area contributed by atoms with E-state index in [0.29, 0.717) is 19.5 Å². The smallest absolute Gasteiger partial charge is 0.321 e. The molecular weight excluding hydrogens is 324 g/mol. The molecule has 20 heavy (non-hydrogen) atoms. The molecule has 1 N–H and O–H groups in total. The van der Waals surface area contributed by atoms with Gasteiger partial charge in [0, 0.05) is 23.2 Å². The number of nitrogens with one attached hydrogen (secondary N) is 1. The Balaban J connectivity index is 1.98. The van der Waals surface area contributed by atoms with Crippen molar-refractivity contribution >= 4 is 33.6 Å². The highest BCUT2D eigenvalue weighted by Gasteiger charge is 2.42. The van der Waals surface area contributed by atoms with Crippen LogP contribution in [0.25, 0.3) is 0 Å². The average molecular weight is 341 g/mol. The summed E-state index contributed by atoms with van der Waals surface area (Å²) in [6.07, 6.45) is 0.618. The number of esters is 1. The summed E-state index contributed by atoms with van der Waals surface area (Å²) < 4.78 is 5.75. The van der Waals surface area contributed by atoms with E-state index in [1.165, 1.54) is 7.11 Å². The zero-order valence-electron chi connectivity index (χ0n) is 11.5. The van der Waals surface area contributed by atoms with E-state index in [4.69, 9.17) is 4.74 Å². The molecule has 2 rings (SSSR count). The number of carbonyl (C=O) groups excluding carboxylic acids is 2. The Morgan fingerprint density at radius 3 is 2.60 bits per heavy atom. The first-order chi connectivity index (χ1) is 9.44. The van der Waals surface area contributed by atoms with E-state index in [9.17, 15) is 9.59 Å². The number of halogens is 1. The van der Waals surface area contributed by atoms with Crippen molar-refractivity contribution in [2.45, 2.75) is 13.3 Å². The van der Waals surface area contributed by atoms with E-state index in [1.807, 2.05) is 31.2 Å². The van der Waals surface area contributed by atoms with E-state index in [-0.39, 0.29) is 12.0 Å². The minimum Gasteiger partial charge on any atom is -0.469 e. The monoisotopic (exact) mass is 340 g/mol. The fraction of sp³-hybridized carbons (Fsp3) is 0.429. The number of ether oxygens (including phenoxy) is 1. The van der Waals surface area contributed by atoms with Crippen LogP contribution in [0.3, 0.4) is 0 Å². The van der Waals surface area contributed by atoms with Gasteiger partial charge in [0.1, 0.15) is 0 Å². The lowest BCUT2D eigenvalue weighted by atomic mass is 9.90. The summed E-state index contributed by atoms with van der Waals surface area (Å²) >= 11 is 3.34. The number of amides is 2. The number of rotatable bonds is 2. The summed E-state index contributed by atoms with van der Waals surface area (Å²) in [6, 6.07) is 7.16. The van der Waals surface area contributed by atoms with Gasteiger partial charge in [0.25, 0.3) is 0 Å². The maximum Gasteiger partial charge on any atom is 0.321 e. The Labute approximate surface area is 126 Å². The highest BCUT2D eigenvalue weighted by molar-refractivity contribution is 9.10. The third-order valence-electron chi connectivity index (χ3n) is 3.53. The highest BCUT2D eigenvalue weighted by atomic mass is 79.9. The van der Waals surface area contributed by atoms with Gasteiger partial charge >= 0.3 is 12.0 Å². The second-order valence-electron chi connectivity index (χ2n) is 5.16. The summed E-state index contributed by atoms with van der Waals surface area (Å²) in [5.74, 6) is -0.267. The molecule has 0 aromatic heterocycles. The first kappa shape index (κ1) is 14.8. The molecule has 1 aromatic rings. The zero-order valence-corrected chi connectivity index (χ0v) is 13.1. The molecule has 1 aliphatic rings. The summed E-state index contributed by atoms with van der Waals surface area (Å²) in [4.78, 5) is 25.5. The molecule has 0 bridgehead atoms. The van der Waals surface area contributed by atoms with Crippen molar-refractivity contribution in [3.63, 3.8) is 0 Å². The van der Waals surface area contributed by atoms with E-state index < -0.39 is 5.41 Å². The number of methoxy groups -OCH3 is 1.